The Hall–Kier alpha value is -2.57. The SMILES string of the molecule is [2H]c1ccn2c(=O)c(-c3nn[nH]n3)c([2H])nc2c1C([2H])([2H])[2H]. The number of nitrogens with zero attached hydrogens (tertiary/aromatic N) is 5. The van der Waals surface area contributed by atoms with Crippen molar-refractivity contribution in [1.82, 2.24) is 30.0 Å². The minimum absolute atomic E-state index is 0.109. The molecular weight excluding hydrogens is 220 g/mol. The van der Waals surface area contributed by atoms with Crippen LogP contribution in [0, 0.1) is 6.85 Å². The summed E-state index contributed by atoms with van der Waals surface area (Å²) in [4.78, 5) is 16.3. The van der Waals surface area contributed by atoms with Crippen molar-refractivity contribution in [3.63, 3.8) is 0 Å². The molecule has 0 aliphatic heterocycles. The second-order valence-corrected chi connectivity index (χ2v) is 3.17. The van der Waals surface area contributed by atoms with Crippen LogP contribution in [0.3, 0.4) is 0 Å². The van der Waals surface area contributed by atoms with Crippen molar-refractivity contribution in [1.29, 1.82) is 0 Å². The molecule has 0 amide bonds. The molecule has 0 radical (unpaired) electrons. The van der Waals surface area contributed by atoms with Crippen LogP contribution in [0.2, 0.25) is 0 Å². The zero-order valence-electron chi connectivity index (χ0n) is 13.3. The van der Waals surface area contributed by atoms with Crippen molar-refractivity contribution in [2.45, 2.75) is 6.85 Å². The molecule has 84 valence electrons. The summed E-state index contributed by atoms with van der Waals surface area (Å²) in [5.74, 6) is -0.109. The van der Waals surface area contributed by atoms with Gasteiger partial charge in [0.05, 0.1) is 2.74 Å². The van der Waals surface area contributed by atoms with E-state index >= 15 is 0 Å². The summed E-state index contributed by atoms with van der Waals surface area (Å²) in [7, 11) is 0. The Morgan fingerprint density at radius 2 is 2.53 bits per heavy atom. The largest absolute Gasteiger partial charge is 0.269 e. The van der Waals surface area contributed by atoms with E-state index in [1.807, 2.05) is 0 Å². The van der Waals surface area contributed by atoms with Crippen molar-refractivity contribution in [2.75, 3.05) is 0 Å². The number of nitrogens with one attached hydrogen (secondary N) is 1. The fraction of sp³-hybridized carbons (Fsp3) is 0.100. The number of aromatic amines is 1. The lowest BCUT2D eigenvalue weighted by Gasteiger charge is -2.03. The van der Waals surface area contributed by atoms with Gasteiger partial charge in [-0.3, -0.25) is 9.20 Å². The zero-order valence-corrected chi connectivity index (χ0v) is 8.30. The predicted molar refractivity (Wildman–Crippen MR) is 59.4 cm³/mol. The van der Waals surface area contributed by atoms with Crippen molar-refractivity contribution in [3.8, 4) is 11.4 Å². The molecule has 3 aromatic heterocycles. The van der Waals surface area contributed by atoms with E-state index in [1.54, 1.807) is 0 Å². The monoisotopic (exact) mass is 233 g/mol. The number of fused-ring (bicyclic) bond motifs is 1. The quantitative estimate of drug-likeness (QED) is 0.647. The second kappa shape index (κ2) is 3.48. The number of hydrogen-bond acceptors (Lipinski definition) is 5. The molecule has 0 saturated heterocycles. The molecule has 17 heavy (non-hydrogen) atoms. The smallest absolute Gasteiger partial charge is 0.268 e. The van der Waals surface area contributed by atoms with Gasteiger partial charge < -0.3 is 0 Å². The Balaban J connectivity index is 2.45. The van der Waals surface area contributed by atoms with Gasteiger partial charge in [0.25, 0.3) is 5.56 Å². The molecule has 3 heterocycles. The van der Waals surface area contributed by atoms with Gasteiger partial charge in [0, 0.05) is 16.5 Å². The number of tetrazole rings is 1. The van der Waals surface area contributed by atoms with Crippen LogP contribution in [-0.4, -0.2) is 30.0 Å². The van der Waals surface area contributed by atoms with E-state index in [2.05, 4.69) is 25.6 Å². The van der Waals surface area contributed by atoms with Gasteiger partial charge in [-0.25, -0.2) is 4.98 Å². The Labute approximate surface area is 102 Å². The molecule has 0 fully saturated rings. The van der Waals surface area contributed by atoms with E-state index in [9.17, 15) is 4.79 Å². The van der Waals surface area contributed by atoms with Crippen molar-refractivity contribution in [3.05, 3.63) is 40.4 Å². The van der Waals surface area contributed by atoms with Crippen molar-refractivity contribution < 1.29 is 6.85 Å². The summed E-state index contributed by atoms with van der Waals surface area (Å²) < 4.78 is 39.0. The Morgan fingerprint density at radius 3 is 3.29 bits per heavy atom. The predicted octanol–water partition coefficient (Wildman–Crippen LogP) is 0.183. The number of H-pyrrole nitrogens is 1. The van der Waals surface area contributed by atoms with Gasteiger partial charge in [-0.15, -0.1) is 10.2 Å². The van der Waals surface area contributed by atoms with Crippen LogP contribution in [-0.2, 0) is 0 Å². The highest BCUT2D eigenvalue weighted by atomic mass is 16.1. The normalized spacial score (nSPS) is 15.9. The Morgan fingerprint density at radius 1 is 1.59 bits per heavy atom. The second-order valence-electron chi connectivity index (χ2n) is 3.17. The molecule has 0 aliphatic rings. The van der Waals surface area contributed by atoms with Crippen LogP contribution in [0.4, 0.5) is 0 Å². The third-order valence-corrected chi connectivity index (χ3v) is 2.18. The summed E-state index contributed by atoms with van der Waals surface area (Å²) in [6, 6.07) is 0.903. The molecule has 0 atom stereocenters. The van der Waals surface area contributed by atoms with Gasteiger partial charge in [0.1, 0.15) is 11.2 Å². The Kier molecular flexibility index (Phi) is 1.16. The number of aromatic nitrogens is 6. The number of pyridine rings is 1. The first kappa shape index (κ1) is 5.67. The zero-order chi connectivity index (χ0) is 16.1. The summed E-state index contributed by atoms with van der Waals surface area (Å²) in [6.07, 6.45) is 0.744. The standard InChI is InChI=1S/C10H8N6O/c1-6-3-2-4-16-9(6)11-5-7(10(16)17)8-12-14-15-13-8/h2-5H,1H3,(H,12,13,14,15)/i1D3,3D,5D. The van der Waals surface area contributed by atoms with Gasteiger partial charge in [0.2, 0.25) is 5.82 Å². The minimum Gasteiger partial charge on any atom is -0.268 e. The van der Waals surface area contributed by atoms with Crippen LogP contribution in [0.5, 0.6) is 0 Å². The van der Waals surface area contributed by atoms with Gasteiger partial charge in [0.15, 0.2) is 0 Å². The van der Waals surface area contributed by atoms with Gasteiger partial charge in [-0.05, 0) is 23.7 Å². The molecule has 0 bridgehead atoms. The molecule has 3 aromatic rings. The van der Waals surface area contributed by atoms with Crippen LogP contribution < -0.4 is 5.56 Å². The highest BCUT2D eigenvalue weighted by Crippen LogP contribution is 2.09. The summed E-state index contributed by atoms with van der Waals surface area (Å²) in [5, 5.41) is 12.8. The first-order valence-corrected chi connectivity index (χ1v) is 4.57. The van der Waals surface area contributed by atoms with Crippen molar-refractivity contribution in [2.24, 2.45) is 0 Å². The number of rotatable bonds is 1. The number of hydrogen-bond donors (Lipinski definition) is 1. The Bertz CT molecular complexity index is 916. The fourth-order valence-corrected chi connectivity index (χ4v) is 1.41. The molecule has 1 N–H and O–H groups in total. The topological polar surface area (TPSA) is 88.8 Å². The van der Waals surface area contributed by atoms with E-state index < -0.39 is 18.6 Å². The lowest BCUT2D eigenvalue weighted by Crippen LogP contribution is -2.17. The van der Waals surface area contributed by atoms with Gasteiger partial charge in [-0.2, -0.15) is 5.21 Å². The maximum Gasteiger partial charge on any atom is 0.269 e. The third kappa shape index (κ3) is 1.40. The third-order valence-electron chi connectivity index (χ3n) is 2.18. The van der Waals surface area contributed by atoms with Crippen molar-refractivity contribution >= 4 is 5.65 Å². The molecule has 7 heteroatoms. The summed E-state index contributed by atoms with van der Waals surface area (Å²) >= 11 is 0. The van der Waals surface area contributed by atoms with Gasteiger partial charge >= 0.3 is 0 Å². The molecular formula is C10H8N6O. The number of aryl methyl sites for hydroxylation is 1. The molecule has 0 aromatic carbocycles. The minimum atomic E-state index is -2.64. The van der Waals surface area contributed by atoms with Crippen LogP contribution in [0.25, 0.3) is 17.0 Å². The maximum atomic E-state index is 12.5. The lowest BCUT2D eigenvalue weighted by molar-refractivity contribution is 0.881. The molecule has 3 rings (SSSR count). The molecule has 7 nitrogen and oxygen atoms in total. The molecule has 0 aliphatic carbocycles. The first-order chi connectivity index (χ1) is 10.3. The average Bonchev–Trinajstić information content (AvgIpc) is 2.90. The van der Waals surface area contributed by atoms with Crippen LogP contribution in [0.1, 0.15) is 12.4 Å². The highest BCUT2D eigenvalue weighted by molar-refractivity contribution is 5.55. The fourth-order valence-electron chi connectivity index (χ4n) is 1.41. The maximum absolute atomic E-state index is 12.5. The summed E-state index contributed by atoms with van der Waals surface area (Å²) in [5.41, 5.74) is -1.56. The molecule has 0 saturated carbocycles. The van der Waals surface area contributed by atoms with E-state index in [4.69, 9.17) is 6.85 Å². The highest BCUT2D eigenvalue weighted by Gasteiger charge is 2.11. The van der Waals surface area contributed by atoms with Crippen LogP contribution >= 0.6 is 0 Å². The van der Waals surface area contributed by atoms with E-state index in [-0.39, 0.29) is 28.6 Å². The van der Waals surface area contributed by atoms with Crippen LogP contribution in [0.15, 0.2) is 29.3 Å². The van der Waals surface area contributed by atoms with E-state index in [1.165, 1.54) is 12.3 Å². The lowest BCUT2D eigenvalue weighted by atomic mass is 10.2. The average molecular weight is 233 g/mol. The molecule has 0 spiro atoms. The molecule has 0 unspecified atom stereocenters. The van der Waals surface area contributed by atoms with Gasteiger partial charge in [-0.1, -0.05) is 6.04 Å². The summed E-state index contributed by atoms with van der Waals surface area (Å²) in [6.45, 7) is -2.64. The first-order valence-electron chi connectivity index (χ1n) is 7.07. The van der Waals surface area contributed by atoms with E-state index in [0.717, 1.165) is 4.40 Å². The van der Waals surface area contributed by atoms with E-state index in [0.29, 0.717) is 0 Å².